The van der Waals surface area contributed by atoms with Gasteiger partial charge in [0.2, 0.25) is 0 Å². The van der Waals surface area contributed by atoms with Crippen molar-refractivity contribution in [2.24, 2.45) is 0 Å². The van der Waals surface area contributed by atoms with Crippen molar-refractivity contribution in [1.29, 1.82) is 0 Å². The van der Waals surface area contributed by atoms with E-state index in [1.807, 2.05) is 0 Å². The first-order chi connectivity index (χ1) is 6.15. The van der Waals surface area contributed by atoms with E-state index < -0.39 is 6.16 Å². The molecule has 0 aliphatic heterocycles. The fourth-order valence-corrected chi connectivity index (χ4v) is 0.834. The van der Waals surface area contributed by atoms with Crippen LogP contribution in [0.5, 0.6) is 11.5 Å². The minimum Gasteiger partial charge on any atom is -1.00 e. The van der Waals surface area contributed by atoms with Gasteiger partial charge >= 0.3 is 35.7 Å². The summed E-state index contributed by atoms with van der Waals surface area (Å²) < 4.78 is 4.24. The Morgan fingerprint density at radius 2 is 2.07 bits per heavy atom. The molecule has 0 bridgehead atoms. The number of phenols is 1. The molecular weight excluding hydrogens is 215 g/mol. The third-order valence-corrected chi connectivity index (χ3v) is 1.36. The Bertz CT molecular complexity index is 356. The zero-order valence-electron chi connectivity index (χ0n) is 8.93. The fraction of sp³-hybridized carbons (Fsp3) is 0. The van der Waals surface area contributed by atoms with Crippen molar-refractivity contribution in [2.75, 3.05) is 0 Å². The average molecular weight is 224 g/mol. The molecule has 0 heterocycles. The first-order valence-corrected chi connectivity index (χ1v) is 3.33. The van der Waals surface area contributed by atoms with Crippen LogP contribution in [0.1, 0.15) is 11.8 Å². The Hall–Kier alpha value is -1.08. The summed E-state index contributed by atoms with van der Waals surface area (Å²) in [6, 6.07) is 3.91. The Balaban J connectivity index is -0.000000563. The van der Waals surface area contributed by atoms with E-state index in [0.29, 0.717) is 6.29 Å². The Morgan fingerprint density at radius 1 is 1.47 bits per heavy atom. The van der Waals surface area contributed by atoms with Crippen LogP contribution in [-0.4, -0.2) is 28.1 Å². The number of hydrogen-bond donors (Lipinski definition) is 2. The number of carbonyl (C=O) groups excluding carboxylic acids is 1. The maximum absolute atomic E-state index is 10.4. The van der Waals surface area contributed by atoms with Crippen molar-refractivity contribution >= 4 is 12.4 Å². The Labute approximate surface area is 109 Å². The summed E-state index contributed by atoms with van der Waals surface area (Å²) >= 11 is 0. The topological polar surface area (TPSA) is 115 Å². The molecular formula is C8H9NaO6. The van der Waals surface area contributed by atoms with E-state index >= 15 is 0 Å². The van der Waals surface area contributed by atoms with Gasteiger partial charge in [0, 0.05) is 0 Å². The van der Waals surface area contributed by atoms with Crippen LogP contribution in [0.2, 0.25) is 0 Å². The molecule has 0 unspecified atom stereocenters. The molecule has 0 aromatic heterocycles. The van der Waals surface area contributed by atoms with Gasteiger partial charge in [-0.3, -0.25) is 4.79 Å². The van der Waals surface area contributed by atoms with Gasteiger partial charge in [-0.1, -0.05) is 6.07 Å². The number of benzene rings is 1. The standard InChI is InChI=1S/C8H6O5.Na.H2O.H/c9-4-5-6(10)2-1-3-7(5)13-8(11)12;;;/h1-4,10H,(H,11,12);;1H2;/q;+1;;-1. The van der Waals surface area contributed by atoms with Crippen LogP contribution in [0.25, 0.3) is 0 Å². The van der Waals surface area contributed by atoms with Crippen molar-refractivity contribution in [1.82, 2.24) is 0 Å². The van der Waals surface area contributed by atoms with Gasteiger partial charge in [-0.25, -0.2) is 4.79 Å². The van der Waals surface area contributed by atoms with Gasteiger partial charge in [-0.05, 0) is 12.1 Å². The third kappa shape index (κ3) is 4.30. The number of rotatable bonds is 2. The predicted octanol–water partition coefficient (Wildman–Crippen LogP) is -2.45. The molecule has 0 saturated carbocycles. The molecule has 0 aliphatic rings. The number of aldehydes is 1. The molecule has 0 atom stereocenters. The van der Waals surface area contributed by atoms with Crippen molar-refractivity contribution in [3.05, 3.63) is 23.8 Å². The molecule has 0 amide bonds. The Kier molecular flexibility index (Phi) is 7.90. The van der Waals surface area contributed by atoms with Crippen LogP contribution >= 0.6 is 0 Å². The van der Waals surface area contributed by atoms with Crippen molar-refractivity contribution < 1.29 is 61.0 Å². The Morgan fingerprint density at radius 3 is 2.53 bits per heavy atom. The summed E-state index contributed by atoms with van der Waals surface area (Å²) in [6.07, 6.45) is -1.21. The average Bonchev–Trinajstić information content (AvgIpc) is 2.03. The van der Waals surface area contributed by atoms with Gasteiger partial charge in [0.25, 0.3) is 0 Å². The van der Waals surface area contributed by atoms with Crippen molar-refractivity contribution in [3.63, 3.8) is 0 Å². The number of aromatic hydroxyl groups is 1. The van der Waals surface area contributed by atoms with E-state index in [4.69, 9.17) is 10.2 Å². The quantitative estimate of drug-likeness (QED) is 0.250. The molecule has 0 aliphatic carbocycles. The summed E-state index contributed by atoms with van der Waals surface area (Å²) in [5.41, 5.74) is -0.176. The van der Waals surface area contributed by atoms with E-state index in [1.54, 1.807) is 0 Å². The summed E-state index contributed by atoms with van der Waals surface area (Å²) in [5, 5.41) is 17.4. The fourth-order valence-electron chi connectivity index (χ4n) is 0.834. The second-order valence-electron chi connectivity index (χ2n) is 2.17. The van der Waals surface area contributed by atoms with E-state index in [1.165, 1.54) is 18.2 Å². The van der Waals surface area contributed by atoms with E-state index in [0.717, 1.165) is 0 Å². The first kappa shape index (κ1) is 16.4. The number of hydrogen-bond acceptors (Lipinski definition) is 4. The van der Waals surface area contributed by atoms with E-state index in [2.05, 4.69) is 4.74 Å². The number of ether oxygens (including phenoxy) is 1. The number of phenolic OH excluding ortho intramolecular Hbond substituents is 1. The predicted molar refractivity (Wildman–Crippen MR) is 46.9 cm³/mol. The normalized spacial score (nSPS) is 8.00. The van der Waals surface area contributed by atoms with Gasteiger partial charge in [-0.2, -0.15) is 0 Å². The summed E-state index contributed by atoms with van der Waals surface area (Å²) in [4.78, 5) is 20.5. The minimum absolute atomic E-state index is 0. The molecule has 0 saturated heterocycles. The molecule has 6 nitrogen and oxygen atoms in total. The summed E-state index contributed by atoms with van der Waals surface area (Å²) in [5.74, 6) is -0.490. The van der Waals surface area contributed by atoms with Crippen LogP contribution in [0.15, 0.2) is 18.2 Å². The zero-order valence-corrected chi connectivity index (χ0v) is 9.93. The van der Waals surface area contributed by atoms with Gasteiger partial charge in [0.15, 0.2) is 6.29 Å². The summed E-state index contributed by atoms with van der Waals surface area (Å²) in [7, 11) is 0. The smallest absolute Gasteiger partial charge is 1.00 e. The minimum atomic E-state index is -1.53. The van der Waals surface area contributed by atoms with Gasteiger partial charge < -0.3 is 21.9 Å². The number of carbonyl (C=O) groups is 2. The molecule has 1 aromatic carbocycles. The second kappa shape index (κ2) is 7.24. The zero-order chi connectivity index (χ0) is 9.84. The van der Waals surface area contributed by atoms with Gasteiger partial charge in [-0.15, -0.1) is 0 Å². The van der Waals surface area contributed by atoms with Crippen LogP contribution < -0.4 is 34.3 Å². The molecule has 0 spiro atoms. The van der Waals surface area contributed by atoms with Gasteiger partial charge in [0.05, 0.1) is 5.56 Å². The molecule has 1 rings (SSSR count). The largest absolute Gasteiger partial charge is 1.00 e. The third-order valence-electron chi connectivity index (χ3n) is 1.36. The van der Waals surface area contributed by atoms with E-state index in [9.17, 15) is 9.59 Å². The van der Waals surface area contributed by atoms with Gasteiger partial charge in [0.1, 0.15) is 11.5 Å². The second-order valence-corrected chi connectivity index (χ2v) is 2.17. The maximum Gasteiger partial charge on any atom is 1.00 e. The SMILES string of the molecule is O.O=Cc1c(O)cccc1OC(=O)O.[H-].[Na+]. The molecule has 78 valence electrons. The first-order valence-electron chi connectivity index (χ1n) is 3.33. The number of carboxylic acid groups (broad SMARTS) is 1. The van der Waals surface area contributed by atoms with Crippen LogP contribution in [0.3, 0.4) is 0 Å². The molecule has 4 N–H and O–H groups in total. The molecule has 0 fully saturated rings. The molecule has 15 heavy (non-hydrogen) atoms. The van der Waals surface area contributed by atoms with Crippen LogP contribution in [0, 0.1) is 0 Å². The van der Waals surface area contributed by atoms with E-state index in [-0.39, 0.29) is 53.5 Å². The molecule has 0 radical (unpaired) electrons. The van der Waals surface area contributed by atoms with Crippen LogP contribution in [-0.2, 0) is 0 Å². The van der Waals surface area contributed by atoms with Crippen molar-refractivity contribution in [3.8, 4) is 11.5 Å². The molecule has 7 heteroatoms. The maximum atomic E-state index is 10.4. The van der Waals surface area contributed by atoms with Crippen LogP contribution in [0.4, 0.5) is 4.79 Å². The monoisotopic (exact) mass is 224 g/mol. The summed E-state index contributed by atoms with van der Waals surface area (Å²) in [6.45, 7) is 0. The van der Waals surface area contributed by atoms with Crippen molar-refractivity contribution in [2.45, 2.75) is 0 Å². The molecule has 1 aromatic rings.